The van der Waals surface area contributed by atoms with E-state index in [4.69, 9.17) is 16.3 Å². The van der Waals surface area contributed by atoms with E-state index in [1.54, 1.807) is 7.11 Å². The minimum absolute atomic E-state index is 0.725. The van der Waals surface area contributed by atoms with Gasteiger partial charge >= 0.3 is 0 Å². The molecule has 1 nitrogen and oxygen atoms in total. The summed E-state index contributed by atoms with van der Waals surface area (Å²) < 4.78 is 5.54. The number of ether oxygens (including phenoxy) is 1. The molecule has 0 N–H and O–H groups in total. The molecule has 0 aliphatic heterocycles. The van der Waals surface area contributed by atoms with Crippen LogP contribution in [0.2, 0.25) is 5.02 Å². The summed E-state index contributed by atoms with van der Waals surface area (Å²) in [7, 11) is 1.69. The lowest BCUT2D eigenvalue weighted by Gasteiger charge is -2.14. The van der Waals surface area contributed by atoms with Crippen molar-refractivity contribution in [3.05, 3.63) is 77.8 Å². The van der Waals surface area contributed by atoms with Gasteiger partial charge in [-0.25, -0.2) is 0 Å². The Morgan fingerprint density at radius 2 is 1.57 bits per heavy atom. The lowest BCUT2D eigenvalue weighted by molar-refractivity contribution is 0.416. The summed E-state index contributed by atoms with van der Waals surface area (Å²) in [5.41, 5.74) is 4.23. The third kappa shape index (κ3) is 2.79. The summed E-state index contributed by atoms with van der Waals surface area (Å²) in [6, 6.07) is 25.1. The molecule has 0 bridgehead atoms. The van der Waals surface area contributed by atoms with Gasteiger partial charge in [-0.2, -0.15) is 0 Å². The van der Waals surface area contributed by atoms with Crippen LogP contribution in [0.15, 0.2) is 66.7 Å². The first-order valence-electron chi connectivity index (χ1n) is 6.69. The standard InChI is InChI=1S/C19H14ClO/c1-21-18-9-5-8-17(14-10-12-16(20)13-11-14)19(18)15-6-3-2-4-7-15/h2-7,9-13H,1H3. The van der Waals surface area contributed by atoms with E-state index in [1.165, 1.54) is 0 Å². The van der Waals surface area contributed by atoms with Gasteiger partial charge in [-0.1, -0.05) is 60.1 Å². The zero-order valence-corrected chi connectivity index (χ0v) is 12.4. The van der Waals surface area contributed by atoms with Crippen molar-refractivity contribution in [1.29, 1.82) is 0 Å². The molecule has 0 saturated carbocycles. The first-order chi connectivity index (χ1) is 10.3. The van der Waals surface area contributed by atoms with Crippen molar-refractivity contribution in [2.24, 2.45) is 0 Å². The fourth-order valence-electron chi connectivity index (χ4n) is 2.39. The maximum atomic E-state index is 5.98. The molecule has 0 aliphatic carbocycles. The molecule has 0 heterocycles. The quantitative estimate of drug-likeness (QED) is 0.621. The Kier molecular flexibility index (Phi) is 3.94. The van der Waals surface area contributed by atoms with E-state index in [1.807, 2.05) is 54.6 Å². The smallest absolute Gasteiger partial charge is 0.127 e. The lowest BCUT2D eigenvalue weighted by Crippen LogP contribution is -1.91. The predicted molar refractivity (Wildman–Crippen MR) is 87.7 cm³/mol. The van der Waals surface area contributed by atoms with Gasteiger partial charge in [0.05, 0.1) is 7.11 Å². The Balaban J connectivity index is 2.23. The van der Waals surface area contributed by atoms with Gasteiger partial charge in [-0.05, 0) is 35.4 Å². The van der Waals surface area contributed by atoms with Gasteiger partial charge in [-0.15, -0.1) is 0 Å². The molecule has 2 heteroatoms. The third-order valence-corrected chi connectivity index (χ3v) is 3.63. The van der Waals surface area contributed by atoms with E-state index in [9.17, 15) is 0 Å². The van der Waals surface area contributed by atoms with E-state index in [-0.39, 0.29) is 0 Å². The molecule has 0 aliphatic rings. The fraction of sp³-hybridized carbons (Fsp3) is 0.0526. The van der Waals surface area contributed by atoms with E-state index in [0.717, 1.165) is 33.0 Å². The normalized spacial score (nSPS) is 10.4. The molecule has 103 valence electrons. The van der Waals surface area contributed by atoms with Crippen LogP contribution in [-0.4, -0.2) is 7.11 Å². The Bertz CT molecular complexity index is 733. The van der Waals surface area contributed by atoms with Gasteiger partial charge in [0.25, 0.3) is 0 Å². The zero-order chi connectivity index (χ0) is 14.7. The highest BCUT2D eigenvalue weighted by Gasteiger charge is 2.12. The lowest BCUT2D eigenvalue weighted by atomic mass is 9.94. The number of hydrogen-bond donors (Lipinski definition) is 0. The Morgan fingerprint density at radius 1 is 0.857 bits per heavy atom. The highest BCUT2D eigenvalue weighted by molar-refractivity contribution is 6.30. The van der Waals surface area contributed by atoms with Gasteiger partial charge in [-0.3, -0.25) is 0 Å². The molecular formula is C19H14ClO. The Morgan fingerprint density at radius 3 is 2.24 bits per heavy atom. The first-order valence-corrected chi connectivity index (χ1v) is 7.07. The van der Waals surface area contributed by atoms with Crippen LogP contribution < -0.4 is 4.74 Å². The van der Waals surface area contributed by atoms with Crippen LogP contribution >= 0.6 is 11.6 Å². The molecule has 3 aromatic rings. The summed E-state index contributed by atoms with van der Waals surface area (Å²) in [5.74, 6) is 0.838. The van der Waals surface area contributed by atoms with Crippen LogP contribution in [0, 0.1) is 6.07 Å². The van der Waals surface area contributed by atoms with Crippen LogP contribution in [0.25, 0.3) is 22.3 Å². The van der Waals surface area contributed by atoms with E-state index < -0.39 is 0 Å². The van der Waals surface area contributed by atoms with Gasteiger partial charge < -0.3 is 4.74 Å². The molecule has 0 amide bonds. The molecule has 0 unspecified atom stereocenters. The van der Waals surface area contributed by atoms with Crippen molar-refractivity contribution in [3.8, 4) is 28.0 Å². The van der Waals surface area contributed by atoms with Gasteiger partial charge in [0, 0.05) is 16.1 Å². The van der Waals surface area contributed by atoms with Gasteiger partial charge in [0.1, 0.15) is 5.75 Å². The van der Waals surface area contributed by atoms with E-state index >= 15 is 0 Å². The number of methoxy groups -OCH3 is 1. The molecule has 0 atom stereocenters. The number of halogens is 1. The van der Waals surface area contributed by atoms with E-state index in [0.29, 0.717) is 0 Å². The minimum atomic E-state index is 0.725. The fourth-order valence-corrected chi connectivity index (χ4v) is 2.51. The molecule has 3 rings (SSSR count). The molecule has 1 radical (unpaired) electrons. The van der Waals surface area contributed by atoms with Crippen molar-refractivity contribution in [1.82, 2.24) is 0 Å². The Hall–Kier alpha value is -2.25. The molecule has 0 saturated heterocycles. The molecular weight excluding hydrogens is 280 g/mol. The van der Waals surface area contributed by atoms with E-state index in [2.05, 4.69) is 18.2 Å². The topological polar surface area (TPSA) is 9.23 Å². The first kappa shape index (κ1) is 13.7. The SMILES string of the molecule is COc1cc[c]c(-c2ccc(Cl)cc2)c1-c1ccccc1. The second kappa shape index (κ2) is 6.02. The number of hydrogen-bond acceptors (Lipinski definition) is 1. The van der Waals surface area contributed by atoms with Crippen LogP contribution in [0.4, 0.5) is 0 Å². The molecule has 21 heavy (non-hydrogen) atoms. The molecule has 3 aromatic carbocycles. The average Bonchev–Trinajstić information content (AvgIpc) is 2.55. The second-order valence-electron chi connectivity index (χ2n) is 4.67. The van der Waals surface area contributed by atoms with Crippen LogP contribution in [0.3, 0.4) is 0 Å². The van der Waals surface area contributed by atoms with Gasteiger partial charge in [0.15, 0.2) is 0 Å². The predicted octanol–water partition coefficient (Wildman–Crippen LogP) is 5.48. The molecule has 0 aromatic heterocycles. The number of rotatable bonds is 3. The summed E-state index contributed by atoms with van der Waals surface area (Å²) in [5, 5.41) is 0.725. The highest BCUT2D eigenvalue weighted by Crippen LogP contribution is 2.38. The van der Waals surface area contributed by atoms with Crippen molar-refractivity contribution in [2.75, 3.05) is 7.11 Å². The maximum absolute atomic E-state index is 5.98. The van der Waals surface area contributed by atoms with Crippen LogP contribution in [0.5, 0.6) is 5.75 Å². The minimum Gasteiger partial charge on any atom is -0.496 e. The average molecular weight is 294 g/mol. The largest absolute Gasteiger partial charge is 0.496 e. The van der Waals surface area contributed by atoms with Crippen molar-refractivity contribution >= 4 is 11.6 Å². The highest BCUT2D eigenvalue weighted by atomic mass is 35.5. The monoisotopic (exact) mass is 293 g/mol. The van der Waals surface area contributed by atoms with Crippen molar-refractivity contribution in [3.63, 3.8) is 0 Å². The third-order valence-electron chi connectivity index (χ3n) is 3.37. The van der Waals surface area contributed by atoms with Crippen LogP contribution in [-0.2, 0) is 0 Å². The maximum Gasteiger partial charge on any atom is 0.127 e. The summed E-state index contributed by atoms with van der Waals surface area (Å²) in [4.78, 5) is 0. The van der Waals surface area contributed by atoms with Crippen molar-refractivity contribution in [2.45, 2.75) is 0 Å². The summed E-state index contributed by atoms with van der Waals surface area (Å²) in [6.45, 7) is 0. The molecule has 0 spiro atoms. The second-order valence-corrected chi connectivity index (χ2v) is 5.11. The zero-order valence-electron chi connectivity index (χ0n) is 11.6. The van der Waals surface area contributed by atoms with Crippen LogP contribution in [0.1, 0.15) is 0 Å². The van der Waals surface area contributed by atoms with Crippen molar-refractivity contribution < 1.29 is 4.74 Å². The Labute approximate surface area is 129 Å². The molecule has 0 fully saturated rings. The summed E-state index contributed by atoms with van der Waals surface area (Å²) in [6.07, 6.45) is 0. The number of benzene rings is 3. The van der Waals surface area contributed by atoms with Gasteiger partial charge in [0.2, 0.25) is 0 Å². The summed E-state index contributed by atoms with van der Waals surface area (Å²) >= 11 is 5.98.